The van der Waals surface area contributed by atoms with Crippen molar-refractivity contribution >= 4 is 17.2 Å². The molecule has 0 radical (unpaired) electrons. The topological polar surface area (TPSA) is 76.2 Å². The normalized spacial score (nSPS) is 14.1. The Hall–Kier alpha value is -3.63. The Morgan fingerprint density at radius 2 is 2.00 bits per heavy atom. The lowest BCUT2D eigenvalue weighted by atomic mass is 10.1. The first-order chi connectivity index (χ1) is 14.9. The van der Waals surface area contributed by atoms with Crippen LogP contribution in [0.5, 0.6) is 0 Å². The van der Waals surface area contributed by atoms with E-state index in [1.54, 1.807) is 12.4 Å². The number of aryl methyl sites for hydroxylation is 1. The summed E-state index contributed by atoms with van der Waals surface area (Å²) >= 11 is 0. The summed E-state index contributed by atoms with van der Waals surface area (Å²) in [6, 6.07) is 5.86. The minimum atomic E-state index is -4.50. The number of nitrogens with one attached hydrogen (secondary N) is 1. The van der Waals surface area contributed by atoms with E-state index in [2.05, 4.69) is 25.5 Å². The second-order valence-corrected chi connectivity index (χ2v) is 7.44. The van der Waals surface area contributed by atoms with Gasteiger partial charge < -0.3 is 19.2 Å². The number of hydrogen-bond donors (Lipinski definition) is 1. The maximum Gasteiger partial charge on any atom is 0.451 e. The lowest BCUT2D eigenvalue weighted by molar-refractivity contribution is -0.147. The molecule has 160 valence electrons. The van der Waals surface area contributed by atoms with E-state index < -0.39 is 12.0 Å². The molecule has 8 nitrogen and oxygen atoms in total. The molecule has 0 bridgehead atoms. The summed E-state index contributed by atoms with van der Waals surface area (Å²) in [6.45, 7) is 3.40. The van der Waals surface area contributed by atoms with Crippen LogP contribution in [0.25, 0.3) is 5.65 Å². The highest BCUT2D eigenvalue weighted by Gasteiger charge is 2.39. The van der Waals surface area contributed by atoms with Crippen LogP contribution >= 0.6 is 0 Å². The average Bonchev–Trinajstić information content (AvgIpc) is 3.38. The lowest BCUT2D eigenvalue weighted by Gasteiger charge is -2.29. The van der Waals surface area contributed by atoms with Gasteiger partial charge in [-0.25, -0.2) is 9.97 Å². The summed E-state index contributed by atoms with van der Waals surface area (Å²) in [7, 11) is 0. The van der Waals surface area contributed by atoms with Crippen molar-refractivity contribution < 1.29 is 13.2 Å². The highest BCUT2D eigenvalue weighted by Crippen LogP contribution is 2.30. The third-order valence-corrected chi connectivity index (χ3v) is 5.41. The van der Waals surface area contributed by atoms with Crippen molar-refractivity contribution in [2.75, 3.05) is 16.8 Å². The first kappa shape index (κ1) is 19.3. The molecule has 0 saturated carbocycles. The minimum absolute atomic E-state index is 0.165. The smallest absolute Gasteiger partial charge is 0.380 e. The molecular weight excluding hydrogens is 409 g/mol. The first-order valence-corrected chi connectivity index (χ1v) is 9.75. The van der Waals surface area contributed by atoms with Crippen LogP contribution in [0.2, 0.25) is 0 Å². The zero-order chi connectivity index (χ0) is 21.6. The Morgan fingerprint density at radius 1 is 1.13 bits per heavy atom. The summed E-state index contributed by atoms with van der Waals surface area (Å²) in [5, 5.41) is 10.4. The Balaban J connectivity index is 1.28. The number of rotatable bonds is 4. The SMILES string of the molecule is Cc1cc(N2CCn3c(nnc3C(F)(F)F)C2)ncc1CNc1ccc2nccn2c1. The van der Waals surface area contributed by atoms with Crippen LogP contribution < -0.4 is 10.2 Å². The zero-order valence-electron chi connectivity index (χ0n) is 16.6. The molecule has 0 amide bonds. The summed E-state index contributed by atoms with van der Waals surface area (Å²) in [4.78, 5) is 10.7. The van der Waals surface area contributed by atoms with Crippen molar-refractivity contribution in [1.82, 2.24) is 29.1 Å². The molecule has 0 saturated heterocycles. The van der Waals surface area contributed by atoms with Gasteiger partial charge in [0.05, 0.1) is 12.2 Å². The molecule has 0 fully saturated rings. The number of pyridine rings is 2. The van der Waals surface area contributed by atoms with Crippen LogP contribution in [0.4, 0.5) is 24.7 Å². The molecule has 0 aromatic carbocycles. The maximum absolute atomic E-state index is 13.0. The summed E-state index contributed by atoms with van der Waals surface area (Å²) in [6.07, 6.45) is 2.91. The van der Waals surface area contributed by atoms with E-state index in [1.807, 2.05) is 46.8 Å². The van der Waals surface area contributed by atoms with Crippen LogP contribution in [0.3, 0.4) is 0 Å². The second kappa shape index (κ2) is 7.25. The van der Waals surface area contributed by atoms with E-state index in [9.17, 15) is 13.2 Å². The van der Waals surface area contributed by atoms with Crippen molar-refractivity contribution in [2.45, 2.75) is 32.7 Å². The third kappa shape index (κ3) is 3.66. The molecule has 1 N–H and O–H groups in total. The first-order valence-electron chi connectivity index (χ1n) is 9.75. The Labute approximate surface area is 175 Å². The van der Waals surface area contributed by atoms with Gasteiger partial charge in [0, 0.05) is 44.4 Å². The molecule has 0 atom stereocenters. The van der Waals surface area contributed by atoms with E-state index in [4.69, 9.17) is 0 Å². The third-order valence-electron chi connectivity index (χ3n) is 5.41. The van der Waals surface area contributed by atoms with Gasteiger partial charge in [-0.05, 0) is 36.2 Å². The van der Waals surface area contributed by atoms with Crippen molar-refractivity contribution in [2.24, 2.45) is 0 Å². The van der Waals surface area contributed by atoms with E-state index in [0.717, 1.165) is 27.0 Å². The molecule has 4 aromatic rings. The molecule has 11 heteroatoms. The number of aromatic nitrogens is 6. The van der Waals surface area contributed by atoms with Gasteiger partial charge in [-0.2, -0.15) is 13.2 Å². The summed E-state index contributed by atoms with van der Waals surface area (Å²) < 4.78 is 42.1. The zero-order valence-corrected chi connectivity index (χ0v) is 16.6. The Kier molecular flexibility index (Phi) is 4.53. The number of nitrogens with zero attached hydrogens (tertiary/aromatic N) is 7. The molecule has 31 heavy (non-hydrogen) atoms. The fourth-order valence-corrected chi connectivity index (χ4v) is 3.71. The van der Waals surface area contributed by atoms with E-state index >= 15 is 0 Å². The molecular formula is C20H19F3N8. The predicted octanol–water partition coefficient (Wildman–Crippen LogP) is 3.28. The van der Waals surface area contributed by atoms with Crippen LogP contribution in [-0.2, 0) is 25.8 Å². The lowest BCUT2D eigenvalue weighted by Crippen LogP contribution is -2.35. The highest BCUT2D eigenvalue weighted by molar-refractivity contribution is 5.51. The highest BCUT2D eigenvalue weighted by atomic mass is 19.4. The number of anilines is 2. The van der Waals surface area contributed by atoms with Gasteiger partial charge in [0.1, 0.15) is 11.5 Å². The van der Waals surface area contributed by atoms with Crippen LogP contribution in [0, 0.1) is 6.92 Å². The van der Waals surface area contributed by atoms with Gasteiger partial charge in [0.2, 0.25) is 5.82 Å². The van der Waals surface area contributed by atoms with Gasteiger partial charge >= 0.3 is 6.18 Å². The van der Waals surface area contributed by atoms with Crippen LogP contribution in [0.15, 0.2) is 43.0 Å². The summed E-state index contributed by atoms with van der Waals surface area (Å²) in [5.41, 5.74) is 3.93. The fourth-order valence-electron chi connectivity index (χ4n) is 3.71. The maximum atomic E-state index is 13.0. The molecule has 0 unspecified atom stereocenters. The molecule has 4 aromatic heterocycles. The molecule has 1 aliphatic heterocycles. The van der Waals surface area contributed by atoms with Crippen molar-refractivity contribution in [3.8, 4) is 0 Å². The molecule has 5 heterocycles. The molecule has 0 spiro atoms. The summed E-state index contributed by atoms with van der Waals surface area (Å²) in [5.74, 6) is 0.0594. The van der Waals surface area contributed by atoms with Crippen LogP contribution in [0.1, 0.15) is 22.8 Å². The minimum Gasteiger partial charge on any atom is -0.380 e. The van der Waals surface area contributed by atoms with Gasteiger partial charge in [-0.15, -0.1) is 10.2 Å². The van der Waals surface area contributed by atoms with Gasteiger partial charge in [-0.3, -0.25) is 0 Å². The van der Waals surface area contributed by atoms with Crippen molar-refractivity contribution in [3.63, 3.8) is 0 Å². The number of alkyl halides is 3. The number of hydrogen-bond acceptors (Lipinski definition) is 6. The molecule has 5 rings (SSSR count). The average molecular weight is 428 g/mol. The number of halogens is 3. The van der Waals surface area contributed by atoms with Crippen molar-refractivity contribution in [1.29, 1.82) is 0 Å². The fraction of sp³-hybridized carbons (Fsp3) is 0.300. The number of fused-ring (bicyclic) bond motifs is 2. The van der Waals surface area contributed by atoms with E-state index in [1.165, 1.54) is 0 Å². The largest absolute Gasteiger partial charge is 0.451 e. The monoisotopic (exact) mass is 428 g/mol. The Morgan fingerprint density at radius 3 is 2.81 bits per heavy atom. The van der Waals surface area contributed by atoms with Crippen LogP contribution in [-0.4, -0.2) is 35.7 Å². The molecule has 1 aliphatic rings. The molecule has 0 aliphatic carbocycles. The van der Waals surface area contributed by atoms with Gasteiger partial charge in [-0.1, -0.05) is 0 Å². The van der Waals surface area contributed by atoms with E-state index in [0.29, 0.717) is 24.7 Å². The van der Waals surface area contributed by atoms with Gasteiger partial charge in [0.15, 0.2) is 5.82 Å². The quantitative estimate of drug-likeness (QED) is 0.538. The Bertz CT molecular complexity index is 1240. The van der Waals surface area contributed by atoms with Gasteiger partial charge in [0.25, 0.3) is 0 Å². The van der Waals surface area contributed by atoms with Crippen molar-refractivity contribution in [3.05, 3.63) is 65.8 Å². The van der Waals surface area contributed by atoms with E-state index in [-0.39, 0.29) is 13.1 Å². The second-order valence-electron chi connectivity index (χ2n) is 7.44. The number of imidazole rings is 1. The standard InChI is InChI=1S/C20H19F3N8/c1-13-8-17(30-6-7-31-18(12-30)27-28-19(31)20(21,22)23)26-10-14(13)9-25-15-2-3-16-24-4-5-29(16)11-15/h2-5,8,10-11,25H,6-7,9,12H2,1H3. The predicted molar refractivity (Wildman–Crippen MR) is 108 cm³/mol.